The molecule has 0 aliphatic rings. The van der Waals surface area contributed by atoms with E-state index in [2.05, 4.69) is 0 Å². The SMILES string of the molecule is O=c1oc2cc(Cc3ccccc3)ccc2c(-c2ccccc2)c1S(=O)(=O)c1ccccc1. The van der Waals surface area contributed by atoms with E-state index < -0.39 is 15.5 Å². The van der Waals surface area contributed by atoms with Crippen LogP contribution in [0.15, 0.2) is 128 Å². The molecule has 0 spiro atoms. The van der Waals surface area contributed by atoms with Gasteiger partial charge in [0.2, 0.25) is 9.84 Å². The number of fused-ring (bicyclic) bond motifs is 1. The van der Waals surface area contributed by atoms with E-state index in [0.717, 1.165) is 11.1 Å². The van der Waals surface area contributed by atoms with Gasteiger partial charge in [-0.2, -0.15) is 0 Å². The minimum Gasteiger partial charge on any atom is -0.422 e. The molecule has 5 aromatic rings. The molecule has 0 radical (unpaired) electrons. The molecule has 0 N–H and O–H groups in total. The van der Waals surface area contributed by atoms with Crippen LogP contribution in [-0.4, -0.2) is 8.42 Å². The molecule has 1 aromatic heterocycles. The van der Waals surface area contributed by atoms with Crippen molar-refractivity contribution < 1.29 is 12.8 Å². The summed E-state index contributed by atoms with van der Waals surface area (Å²) < 4.78 is 32.7. The van der Waals surface area contributed by atoms with Crippen LogP contribution in [0.4, 0.5) is 0 Å². The summed E-state index contributed by atoms with van der Waals surface area (Å²) in [6.45, 7) is 0. The van der Waals surface area contributed by atoms with E-state index in [-0.39, 0.29) is 9.79 Å². The quantitative estimate of drug-likeness (QED) is 0.312. The lowest BCUT2D eigenvalue weighted by Gasteiger charge is -2.13. The van der Waals surface area contributed by atoms with Gasteiger partial charge in [0.15, 0.2) is 4.90 Å². The number of benzene rings is 4. The molecule has 4 aromatic carbocycles. The van der Waals surface area contributed by atoms with Crippen molar-refractivity contribution in [1.82, 2.24) is 0 Å². The maximum absolute atomic E-state index is 13.5. The lowest BCUT2D eigenvalue weighted by molar-refractivity contribution is 0.533. The van der Waals surface area contributed by atoms with Crippen molar-refractivity contribution in [3.8, 4) is 11.1 Å². The van der Waals surface area contributed by atoms with Gasteiger partial charge in [0.1, 0.15) is 5.58 Å². The molecule has 0 aliphatic carbocycles. The maximum Gasteiger partial charge on any atom is 0.356 e. The van der Waals surface area contributed by atoms with Gasteiger partial charge in [0, 0.05) is 10.9 Å². The summed E-state index contributed by atoms with van der Waals surface area (Å²) in [5.41, 5.74) is 2.58. The van der Waals surface area contributed by atoms with Gasteiger partial charge in [-0.1, -0.05) is 91.0 Å². The molecule has 0 saturated carbocycles. The van der Waals surface area contributed by atoms with E-state index >= 15 is 0 Å². The molecular weight excluding hydrogens is 432 g/mol. The standard InChI is InChI=1S/C28H20O4S/c29-28-27(33(30,31)23-14-8-3-9-15-23)26(22-12-6-2-7-13-22)24-17-16-21(19-25(24)32-28)18-20-10-4-1-5-11-20/h1-17,19H,18H2. The second-order valence-corrected chi connectivity index (χ2v) is 9.66. The zero-order valence-electron chi connectivity index (χ0n) is 17.6. The second kappa shape index (κ2) is 8.52. The molecule has 33 heavy (non-hydrogen) atoms. The molecule has 0 saturated heterocycles. The third-order valence-electron chi connectivity index (χ3n) is 5.57. The molecule has 1 heterocycles. The van der Waals surface area contributed by atoms with Crippen molar-refractivity contribution in [3.63, 3.8) is 0 Å². The lowest BCUT2D eigenvalue weighted by Crippen LogP contribution is -2.16. The average Bonchev–Trinajstić information content (AvgIpc) is 2.84. The zero-order valence-corrected chi connectivity index (χ0v) is 18.5. The smallest absolute Gasteiger partial charge is 0.356 e. The molecule has 0 bridgehead atoms. The highest BCUT2D eigenvalue weighted by Gasteiger charge is 2.29. The van der Waals surface area contributed by atoms with Crippen molar-refractivity contribution in [2.75, 3.05) is 0 Å². The fourth-order valence-corrected chi connectivity index (χ4v) is 5.53. The van der Waals surface area contributed by atoms with Gasteiger partial charge >= 0.3 is 5.63 Å². The van der Waals surface area contributed by atoms with Crippen LogP contribution in [0.2, 0.25) is 0 Å². The molecule has 0 aliphatic heterocycles. The number of hydrogen-bond donors (Lipinski definition) is 0. The van der Waals surface area contributed by atoms with Gasteiger partial charge in [-0.15, -0.1) is 0 Å². The Hall–Kier alpha value is -3.96. The van der Waals surface area contributed by atoms with Crippen LogP contribution < -0.4 is 5.63 Å². The normalized spacial score (nSPS) is 11.5. The number of rotatable bonds is 5. The first-order valence-electron chi connectivity index (χ1n) is 10.5. The summed E-state index contributed by atoms with van der Waals surface area (Å²) in [6.07, 6.45) is 0.672. The molecule has 0 amide bonds. The van der Waals surface area contributed by atoms with Gasteiger partial charge in [-0.25, -0.2) is 13.2 Å². The van der Waals surface area contributed by atoms with E-state index in [1.807, 2.05) is 66.7 Å². The molecule has 0 unspecified atom stereocenters. The first kappa shape index (κ1) is 20.9. The summed E-state index contributed by atoms with van der Waals surface area (Å²) in [4.78, 5) is 12.9. The van der Waals surface area contributed by atoms with Gasteiger partial charge in [-0.05, 0) is 41.3 Å². The average molecular weight is 453 g/mol. The van der Waals surface area contributed by atoms with Crippen molar-refractivity contribution in [2.45, 2.75) is 16.2 Å². The summed E-state index contributed by atoms with van der Waals surface area (Å²) in [5.74, 6) is 0. The summed E-state index contributed by atoms with van der Waals surface area (Å²) >= 11 is 0. The largest absolute Gasteiger partial charge is 0.422 e. The Morgan fingerprint density at radius 2 is 1.27 bits per heavy atom. The maximum atomic E-state index is 13.5. The first-order valence-corrected chi connectivity index (χ1v) is 12.0. The number of sulfone groups is 1. The Balaban J connectivity index is 1.77. The molecule has 0 fully saturated rings. The molecule has 5 heteroatoms. The summed E-state index contributed by atoms with van der Waals surface area (Å²) in [7, 11) is -4.10. The predicted octanol–water partition coefficient (Wildman–Crippen LogP) is 5.88. The fourth-order valence-electron chi connectivity index (χ4n) is 4.02. The van der Waals surface area contributed by atoms with Gasteiger partial charge in [0.25, 0.3) is 0 Å². The summed E-state index contributed by atoms with van der Waals surface area (Å²) in [5, 5.41) is 0.576. The number of hydrogen-bond acceptors (Lipinski definition) is 4. The van der Waals surface area contributed by atoms with Crippen LogP contribution in [0.5, 0.6) is 0 Å². The van der Waals surface area contributed by atoms with E-state index in [9.17, 15) is 13.2 Å². The lowest BCUT2D eigenvalue weighted by atomic mass is 9.99. The predicted molar refractivity (Wildman–Crippen MR) is 129 cm³/mol. The third kappa shape index (κ3) is 3.99. The Morgan fingerprint density at radius 3 is 1.94 bits per heavy atom. The van der Waals surface area contributed by atoms with E-state index in [1.54, 1.807) is 30.3 Å². The first-order chi connectivity index (χ1) is 16.0. The Bertz CT molecular complexity index is 1590. The van der Waals surface area contributed by atoms with Crippen LogP contribution in [0, 0.1) is 0 Å². The van der Waals surface area contributed by atoms with Crippen LogP contribution in [0.1, 0.15) is 11.1 Å². The molecule has 0 atom stereocenters. The Labute approximate surface area is 191 Å². The van der Waals surface area contributed by atoms with Gasteiger partial charge in [0.05, 0.1) is 4.90 Å². The second-order valence-electron chi connectivity index (χ2n) is 7.77. The Kier molecular flexibility index (Phi) is 5.40. The zero-order chi connectivity index (χ0) is 22.8. The van der Waals surface area contributed by atoms with Crippen LogP contribution in [-0.2, 0) is 16.3 Å². The van der Waals surface area contributed by atoms with Crippen molar-refractivity contribution in [3.05, 3.63) is 131 Å². The highest BCUT2D eigenvalue weighted by molar-refractivity contribution is 7.91. The van der Waals surface area contributed by atoms with Crippen molar-refractivity contribution in [1.29, 1.82) is 0 Å². The topological polar surface area (TPSA) is 64.3 Å². The minimum absolute atomic E-state index is 0.0505. The molecule has 5 rings (SSSR count). The van der Waals surface area contributed by atoms with Crippen LogP contribution in [0.3, 0.4) is 0 Å². The van der Waals surface area contributed by atoms with E-state index in [1.165, 1.54) is 12.1 Å². The van der Waals surface area contributed by atoms with Gasteiger partial charge < -0.3 is 4.42 Å². The van der Waals surface area contributed by atoms with Crippen molar-refractivity contribution in [2.24, 2.45) is 0 Å². The van der Waals surface area contributed by atoms with E-state index in [4.69, 9.17) is 4.42 Å². The summed E-state index contributed by atoms with van der Waals surface area (Å²) in [6, 6.07) is 32.6. The highest BCUT2D eigenvalue weighted by Crippen LogP contribution is 2.35. The molecule has 162 valence electrons. The monoisotopic (exact) mass is 452 g/mol. The van der Waals surface area contributed by atoms with Gasteiger partial charge in [-0.3, -0.25) is 0 Å². The van der Waals surface area contributed by atoms with Crippen LogP contribution >= 0.6 is 0 Å². The van der Waals surface area contributed by atoms with E-state index in [0.29, 0.717) is 28.5 Å². The molecular formula is C28H20O4S. The third-order valence-corrected chi connectivity index (χ3v) is 7.37. The minimum atomic E-state index is -4.10. The Morgan fingerprint density at radius 1 is 0.667 bits per heavy atom. The van der Waals surface area contributed by atoms with Crippen LogP contribution in [0.25, 0.3) is 22.1 Å². The van der Waals surface area contributed by atoms with Crippen molar-refractivity contribution >= 4 is 20.8 Å². The molecule has 4 nitrogen and oxygen atoms in total. The fraction of sp³-hybridized carbons (Fsp3) is 0.0357. The highest BCUT2D eigenvalue weighted by atomic mass is 32.2.